The third-order valence-corrected chi connectivity index (χ3v) is 5.24. The molecule has 0 unspecified atom stereocenters. The summed E-state index contributed by atoms with van der Waals surface area (Å²) >= 11 is 3.77. The second-order valence-electron chi connectivity index (χ2n) is 5.28. The first-order chi connectivity index (χ1) is 9.00. The number of aliphatic imine (C=N–C) groups is 1. The van der Waals surface area contributed by atoms with Crippen LogP contribution >= 0.6 is 47.1 Å². The molecule has 0 spiro atoms. The number of thiazole rings is 1. The summed E-state index contributed by atoms with van der Waals surface area (Å²) in [7, 11) is 1.86. The Kier molecular flexibility index (Phi) is 7.07. The summed E-state index contributed by atoms with van der Waals surface area (Å²) < 4.78 is 0.303. The first kappa shape index (κ1) is 18.0. The summed E-state index contributed by atoms with van der Waals surface area (Å²) in [5.74, 6) is 2.16. The predicted octanol–water partition coefficient (Wildman–Crippen LogP) is 2.97. The highest BCUT2D eigenvalue weighted by molar-refractivity contribution is 14.0. The topological polar surface area (TPSA) is 40.5 Å². The Morgan fingerprint density at radius 1 is 1.55 bits per heavy atom. The SMILES string of the molecule is CN=C(NCc1cnc(C)s1)N1CCSC(C)(C)C1.I. The number of halogens is 1. The molecule has 7 heteroatoms. The van der Waals surface area contributed by atoms with Crippen LogP contribution in [0, 0.1) is 6.92 Å². The first-order valence-electron chi connectivity index (χ1n) is 6.51. The molecule has 1 saturated heterocycles. The molecular formula is C13H23IN4S2. The van der Waals surface area contributed by atoms with Crippen LogP contribution in [-0.4, -0.2) is 46.5 Å². The van der Waals surface area contributed by atoms with Gasteiger partial charge >= 0.3 is 0 Å². The van der Waals surface area contributed by atoms with Crippen LogP contribution in [0.1, 0.15) is 23.7 Å². The molecule has 1 aromatic heterocycles. The van der Waals surface area contributed by atoms with Gasteiger partial charge in [-0.1, -0.05) is 0 Å². The van der Waals surface area contributed by atoms with E-state index in [0.717, 1.165) is 36.4 Å². The van der Waals surface area contributed by atoms with Crippen LogP contribution in [-0.2, 0) is 6.54 Å². The van der Waals surface area contributed by atoms with Crippen molar-refractivity contribution in [1.82, 2.24) is 15.2 Å². The smallest absolute Gasteiger partial charge is 0.194 e. The van der Waals surface area contributed by atoms with Gasteiger partial charge in [-0.05, 0) is 20.8 Å². The Morgan fingerprint density at radius 3 is 2.85 bits per heavy atom. The number of nitrogens with one attached hydrogen (secondary N) is 1. The van der Waals surface area contributed by atoms with Crippen molar-refractivity contribution >= 4 is 53.0 Å². The van der Waals surface area contributed by atoms with E-state index in [1.165, 1.54) is 4.88 Å². The zero-order valence-electron chi connectivity index (χ0n) is 12.5. The normalized spacial score (nSPS) is 18.6. The van der Waals surface area contributed by atoms with E-state index in [1.807, 2.05) is 31.9 Å². The third kappa shape index (κ3) is 5.07. The second kappa shape index (κ2) is 7.84. The number of rotatable bonds is 2. The molecule has 0 saturated carbocycles. The van der Waals surface area contributed by atoms with E-state index in [0.29, 0.717) is 4.75 Å². The highest BCUT2D eigenvalue weighted by Gasteiger charge is 2.28. The Balaban J connectivity index is 0.00000200. The van der Waals surface area contributed by atoms with Gasteiger partial charge in [-0.15, -0.1) is 35.3 Å². The molecule has 1 aliphatic heterocycles. The lowest BCUT2D eigenvalue weighted by atomic mass is 10.2. The standard InChI is InChI=1S/C13H22N4S2.HI/c1-10-15-7-11(19-10)8-16-12(14-4)17-5-6-18-13(2,3)9-17;/h7H,5-6,8-9H2,1-4H3,(H,14,16);1H. The quantitative estimate of drug-likeness (QED) is 0.449. The van der Waals surface area contributed by atoms with Crippen molar-refractivity contribution in [2.75, 3.05) is 25.9 Å². The van der Waals surface area contributed by atoms with Crippen LogP contribution in [0.4, 0.5) is 0 Å². The first-order valence-corrected chi connectivity index (χ1v) is 8.31. The van der Waals surface area contributed by atoms with Gasteiger partial charge in [0, 0.05) is 41.7 Å². The van der Waals surface area contributed by atoms with Gasteiger partial charge in [0.2, 0.25) is 0 Å². The molecule has 114 valence electrons. The Morgan fingerprint density at radius 2 is 2.30 bits per heavy atom. The van der Waals surface area contributed by atoms with Gasteiger partial charge in [-0.2, -0.15) is 11.8 Å². The van der Waals surface area contributed by atoms with Crippen molar-refractivity contribution in [3.63, 3.8) is 0 Å². The van der Waals surface area contributed by atoms with Crippen LogP contribution in [0.3, 0.4) is 0 Å². The highest BCUT2D eigenvalue weighted by atomic mass is 127. The van der Waals surface area contributed by atoms with Crippen molar-refractivity contribution in [1.29, 1.82) is 0 Å². The van der Waals surface area contributed by atoms with Gasteiger partial charge in [-0.3, -0.25) is 4.99 Å². The van der Waals surface area contributed by atoms with Crippen molar-refractivity contribution in [3.05, 3.63) is 16.1 Å². The summed E-state index contributed by atoms with van der Waals surface area (Å²) in [6, 6.07) is 0. The number of thioether (sulfide) groups is 1. The average Bonchev–Trinajstić information content (AvgIpc) is 2.75. The van der Waals surface area contributed by atoms with E-state index < -0.39 is 0 Å². The minimum Gasteiger partial charge on any atom is -0.351 e. The van der Waals surface area contributed by atoms with E-state index in [1.54, 1.807) is 11.3 Å². The minimum atomic E-state index is 0. The predicted molar refractivity (Wildman–Crippen MR) is 101 cm³/mol. The summed E-state index contributed by atoms with van der Waals surface area (Å²) in [5.41, 5.74) is 0. The van der Waals surface area contributed by atoms with E-state index in [9.17, 15) is 0 Å². The maximum Gasteiger partial charge on any atom is 0.194 e. The van der Waals surface area contributed by atoms with E-state index in [4.69, 9.17) is 0 Å². The van der Waals surface area contributed by atoms with Crippen LogP contribution in [0.15, 0.2) is 11.2 Å². The largest absolute Gasteiger partial charge is 0.351 e. The maximum absolute atomic E-state index is 4.41. The molecule has 1 aromatic rings. The van der Waals surface area contributed by atoms with Crippen molar-refractivity contribution in [2.45, 2.75) is 32.1 Å². The summed E-state index contributed by atoms with van der Waals surface area (Å²) in [4.78, 5) is 12.3. The Hall–Kier alpha value is -0.0200. The second-order valence-corrected chi connectivity index (χ2v) is 8.40. The summed E-state index contributed by atoms with van der Waals surface area (Å²) in [6.45, 7) is 9.54. The fourth-order valence-electron chi connectivity index (χ4n) is 2.18. The molecule has 2 heterocycles. The van der Waals surface area contributed by atoms with Crippen LogP contribution < -0.4 is 5.32 Å². The number of guanidine groups is 1. The molecule has 2 rings (SSSR count). The molecule has 0 atom stereocenters. The summed E-state index contributed by atoms with van der Waals surface area (Å²) in [5, 5.41) is 4.56. The monoisotopic (exact) mass is 426 g/mol. The van der Waals surface area contributed by atoms with Gasteiger partial charge < -0.3 is 10.2 Å². The highest BCUT2D eigenvalue weighted by Crippen LogP contribution is 2.29. The third-order valence-electron chi connectivity index (χ3n) is 3.03. The molecule has 4 nitrogen and oxygen atoms in total. The zero-order chi connectivity index (χ0) is 13.9. The lowest BCUT2D eigenvalue weighted by Gasteiger charge is -2.39. The Bertz CT molecular complexity index is 459. The molecule has 20 heavy (non-hydrogen) atoms. The molecule has 0 aromatic carbocycles. The lowest BCUT2D eigenvalue weighted by Crippen LogP contribution is -2.50. The fourth-order valence-corrected chi connectivity index (χ4v) is 4.03. The minimum absolute atomic E-state index is 0. The van der Waals surface area contributed by atoms with Crippen molar-refractivity contribution in [2.24, 2.45) is 4.99 Å². The van der Waals surface area contributed by atoms with Crippen molar-refractivity contribution < 1.29 is 0 Å². The van der Waals surface area contributed by atoms with Gasteiger partial charge in [0.1, 0.15) is 0 Å². The van der Waals surface area contributed by atoms with Gasteiger partial charge in [-0.25, -0.2) is 4.98 Å². The lowest BCUT2D eigenvalue weighted by molar-refractivity contribution is 0.376. The molecule has 1 aliphatic rings. The molecule has 0 bridgehead atoms. The molecule has 0 aliphatic carbocycles. The number of aromatic nitrogens is 1. The molecule has 1 N–H and O–H groups in total. The van der Waals surface area contributed by atoms with E-state index >= 15 is 0 Å². The number of nitrogens with zero attached hydrogens (tertiary/aromatic N) is 3. The van der Waals surface area contributed by atoms with Gasteiger partial charge in [0.15, 0.2) is 5.96 Å². The van der Waals surface area contributed by atoms with Gasteiger partial charge in [0.25, 0.3) is 0 Å². The molecule has 0 amide bonds. The zero-order valence-corrected chi connectivity index (χ0v) is 16.4. The number of aryl methyl sites for hydroxylation is 1. The molecule has 0 radical (unpaired) electrons. The average molecular weight is 426 g/mol. The molecule has 1 fully saturated rings. The van der Waals surface area contributed by atoms with Crippen LogP contribution in [0.5, 0.6) is 0 Å². The van der Waals surface area contributed by atoms with E-state index in [2.05, 4.69) is 34.0 Å². The van der Waals surface area contributed by atoms with Crippen molar-refractivity contribution in [3.8, 4) is 0 Å². The Labute approximate surface area is 146 Å². The summed E-state index contributed by atoms with van der Waals surface area (Å²) in [6.07, 6.45) is 1.94. The van der Waals surface area contributed by atoms with Gasteiger partial charge in [0.05, 0.1) is 11.6 Å². The van der Waals surface area contributed by atoms with Crippen LogP contribution in [0.25, 0.3) is 0 Å². The fraction of sp³-hybridized carbons (Fsp3) is 0.692. The van der Waals surface area contributed by atoms with Crippen LogP contribution in [0.2, 0.25) is 0 Å². The maximum atomic E-state index is 4.41. The molecular weight excluding hydrogens is 403 g/mol. The number of hydrogen-bond acceptors (Lipinski definition) is 4. The van der Waals surface area contributed by atoms with E-state index in [-0.39, 0.29) is 24.0 Å². The number of hydrogen-bond donors (Lipinski definition) is 1.